The van der Waals surface area contributed by atoms with E-state index >= 15 is 0 Å². The standard InChI is InChI=1S/C19H26BrN3O2/c1-6-10-23(18(24)25-19(3,4)5)13(2)17-21-12-16(22-17)14-8-7-9-15(20)11-14/h7-9,11-13H,6,10H2,1-5H3,(H,21,22)/t13-/m0/s1. The van der Waals surface area contributed by atoms with Gasteiger partial charge in [-0.3, -0.25) is 4.90 Å². The van der Waals surface area contributed by atoms with E-state index in [9.17, 15) is 4.79 Å². The van der Waals surface area contributed by atoms with Gasteiger partial charge in [0.2, 0.25) is 0 Å². The number of hydrogen-bond donors (Lipinski definition) is 1. The topological polar surface area (TPSA) is 58.2 Å². The fourth-order valence-electron chi connectivity index (χ4n) is 2.50. The van der Waals surface area contributed by atoms with Crippen molar-refractivity contribution in [3.63, 3.8) is 0 Å². The lowest BCUT2D eigenvalue weighted by atomic mass is 10.2. The molecule has 0 aliphatic heterocycles. The van der Waals surface area contributed by atoms with Gasteiger partial charge in [-0.1, -0.05) is 35.0 Å². The van der Waals surface area contributed by atoms with Crippen molar-refractivity contribution in [1.29, 1.82) is 0 Å². The number of nitrogens with zero attached hydrogens (tertiary/aromatic N) is 2. The zero-order valence-electron chi connectivity index (χ0n) is 15.5. The Bertz CT molecular complexity index is 721. The van der Waals surface area contributed by atoms with Crippen LogP contribution in [0.4, 0.5) is 4.79 Å². The molecule has 2 rings (SSSR count). The number of halogens is 1. The first-order valence-corrected chi connectivity index (χ1v) is 9.31. The number of amides is 1. The fraction of sp³-hybridized carbons (Fsp3) is 0.474. The Balaban J connectivity index is 2.22. The Kier molecular flexibility index (Phi) is 6.27. The summed E-state index contributed by atoms with van der Waals surface area (Å²) in [5, 5.41) is 0. The van der Waals surface area contributed by atoms with Gasteiger partial charge in [-0.15, -0.1) is 0 Å². The SMILES string of the molecule is CCCN(C(=O)OC(C)(C)C)[C@@H](C)c1ncc(-c2cccc(Br)c2)[nH]1. The molecule has 1 amide bonds. The molecule has 1 N–H and O–H groups in total. The average molecular weight is 408 g/mol. The molecule has 0 aliphatic rings. The van der Waals surface area contributed by atoms with Crippen molar-refractivity contribution in [3.8, 4) is 11.3 Å². The first-order valence-electron chi connectivity index (χ1n) is 8.51. The van der Waals surface area contributed by atoms with Crippen molar-refractivity contribution < 1.29 is 9.53 Å². The Morgan fingerprint density at radius 2 is 2.12 bits per heavy atom. The summed E-state index contributed by atoms with van der Waals surface area (Å²) < 4.78 is 6.55. The number of aromatic amines is 1. The molecule has 0 radical (unpaired) electrons. The summed E-state index contributed by atoms with van der Waals surface area (Å²) in [6, 6.07) is 7.81. The number of ether oxygens (including phenoxy) is 1. The lowest BCUT2D eigenvalue weighted by Gasteiger charge is -2.30. The second kappa shape index (κ2) is 8.04. The van der Waals surface area contributed by atoms with Crippen LogP contribution in [0.25, 0.3) is 11.3 Å². The molecule has 0 fully saturated rings. The van der Waals surface area contributed by atoms with Crippen LogP contribution in [0.3, 0.4) is 0 Å². The predicted molar refractivity (Wildman–Crippen MR) is 103 cm³/mol. The highest BCUT2D eigenvalue weighted by Crippen LogP contribution is 2.25. The molecule has 0 saturated heterocycles. The molecule has 1 atom stereocenters. The lowest BCUT2D eigenvalue weighted by molar-refractivity contribution is 0.0166. The second-order valence-corrected chi connectivity index (χ2v) is 7.96. The van der Waals surface area contributed by atoms with Crippen molar-refractivity contribution in [2.24, 2.45) is 0 Å². The lowest BCUT2D eigenvalue weighted by Crippen LogP contribution is -2.39. The molecule has 0 unspecified atom stereocenters. The fourth-order valence-corrected chi connectivity index (χ4v) is 2.90. The Hall–Kier alpha value is -1.82. The van der Waals surface area contributed by atoms with Crippen LogP contribution in [0.5, 0.6) is 0 Å². The van der Waals surface area contributed by atoms with Gasteiger partial charge in [0.1, 0.15) is 11.4 Å². The third-order valence-corrected chi connectivity index (χ3v) is 4.18. The van der Waals surface area contributed by atoms with E-state index in [0.717, 1.165) is 28.0 Å². The molecule has 6 heteroatoms. The van der Waals surface area contributed by atoms with Gasteiger partial charge in [-0.2, -0.15) is 0 Å². The smallest absolute Gasteiger partial charge is 0.410 e. The maximum Gasteiger partial charge on any atom is 0.410 e. The summed E-state index contributed by atoms with van der Waals surface area (Å²) >= 11 is 3.48. The highest BCUT2D eigenvalue weighted by atomic mass is 79.9. The van der Waals surface area contributed by atoms with E-state index in [-0.39, 0.29) is 12.1 Å². The normalized spacial score (nSPS) is 12.7. The number of aromatic nitrogens is 2. The van der Waals surface area contributed by atoms with Gasteiger partial charge in [0.25, 0.3) is 0 Å². The molecule has 1 aromatic heterocycles. The van der Waals surface area contributed by atoms with E-state index in [0.29, 0.717) is 6.54 Å². The number of nitrogens with one attached hydrogen (secondary N) is 1. The predicted octanol–water partition coefficient (Wildman–Crippen LogP) is 5.55. The zero-order valence-corrected chi connectivity index (χ0v) is 17.1. The molecule has 25 heavy (non-hydrogen) atoms. The molecule has 1 aromatic carbocycles. The highest BCUT2D eigenvalue weighted by molar-refractivity contribution is 9.10. The zero-order chi connectivity index (χ0) is 18.6. The molecular formula is C19H26BrN3O2. The number of imidazole rings is 1. The largest absolute Gasteiger partial charge is 0.444 e. The van der Waals surface area contributed by atoms with Gasteiger partial charge in [-0.05, 0) is 46.2 Å². The maximum absolute atomic E-state index is 12.5. The van der Waals surface area contributed by atoms with Crippen LogP contribution in [0, 0.1) is 0 Å². The van der Waals surface area contributed by atoms with Gasteiger partial charge in [0.15, 0.2) is 0 Å². The van der Waals surface area contributed by atoms with E-state index in [1.165, 1.54) is 0 Å². The van der Waals surface area contributed by atoms with Crippen LogP contribution in [-0.4, -0.2) is 33.1 Å². The summed E-state index contributed by atoms with van der Waals surface area (Å²) in [7, 11) is 0. The van der Waals surface area contributed by atoms with Gasteiger partial charge in [0.05, 0.1) is 17.9 Å². The van der Waals surface area contributed by atoms with E-state index in [1.807, 2.05) is 58.9 Å². The third-order valence-electron chi connectivity index (χ3n) is 3.69. The molecule has 1 heterocycles. The minimum atomic E-state index is -0.520. The summed E-state index contributed by atoms with van der Waals surface area (Å²) in [5.41, 5.74) is 1.44. The number of rotatable bonds is 5. The van der Waals surface area contributed by atoms with Crippen molar-refractivity contribution in [2.75, 3.05) is 6.54 Å². The molecule has 0 bridgehead atoms. The van der Waals surface area contributed by atoms with Gasteiger partial charge in [-0.25, -0.2) is 9.78 Å². The number of carbonyl (C=O) groups excluding carboxylic acids is 1. The van der Waals surface area contributed by atoms with Crippen LogP contribution in [0.2, 0.25) is 0 Å². The number of carbonyl (C=O) groups is 1. The summed E-state index contributed by atoms with van der Waals surface area (Å²) in [6.45, 7) is 10.2. The van der Waals surface area contributed by atoms with Crippen molar-refractivity contribution in [1.82, 2.24) is 14.9 Å². The number of H-pyrrole nitrogens is 1. The number of hydrogen-bond acceptors (Lipinski definition) is 3. The van der Waals surface area contributed by atoms with E-state index < -0.39 is 5.60 Å². The monoisotopic (exact) mass is 407 g/mol. The molecule has 0 saturated carbocycles. The van der Waals surface area contributed by atoms with Crippen molar-refractivity contribution in [3.05, 3.63) is 40.8 Å². The second-order valence-electron chi connectivity index (χ2n) is 7.04. The van der Waals surface area contributed by atoms with Gasteiger partial charge < -0.3 is 9.72 Å². The Morgan fingerprint density at radius 3 is 2.72 bits per heavy atom. The Labute approximate surface area is 157 Å². The summed E-state index contributed by atoms with van der Waals surface area (Å²) in [5.74, 6) is 0.745. The third kappa shape index (κ3) is 5.33. The Morgan fingerprint density at radius 1 is 1.40 bits per heavy atom. The van der Waals surface area contributed by atoms with Crippen molar-refractivity contribution in [2.45, 2.75) is 52.7 Å². The molecule has 2 aromatic rings. The minimum Gasteiger partial charge on any atom is -0.444 e. The summed E-state index contributed by atoms with van der Waals surface area (Å²) in [6.07, 6.45) is 2.33. The molecule has 0 spiro atoms. The van der Waals surface area contributed by atoms with Gasteiger partial charge in [0, 0.05) is 16.6 Å². The van der Waals surface area contributed by atoms with Crippen molar-refractivity contribution >= 4 is 22.0 Å². The molecule has 136 valence electrons. The molecular weight excluding hydrogens is 382 g/mol. The van der Waals surface area contributed by atoms with Crippen LogP contribution in [-0.2, 0) is 4.74 Å². The first-order chi connectivity index (χ1) is 11.7. The molecule has 5 nitrogen and oxygen atoms in total. The molecule has 0 aliphatic carbocycles. The quantitative estimate of drug-likeness (QED) is 0.706. The summed E-state index contributed by atoms with van der Waals surface area (Å²) in [4.78, 5) is 22.1. The highest BCUT2D eigenvalue weighted by Gasteiger charge is 2.27. The van der Waals surface area contributed by atoms with E-state index in [4.69, 9.17) is 4.74 Å². The van der Waals surface area contributed by atoms with Crippen LogP contribution in [0.15, 0.2) is 34.9 Å². The van der Waals surface area contributed by atoms with E-state index in [2.05, 4.69) is 25.9 Å². The maximum atomic E-state index is 12.5. The van der Waals surface area contributed by atoms with Crippen LogP contribution in [0.1, 0.15) is 52.9 Å². The number of benzene rings is 1. The van der Waals surface area contributed by atoms with Crippen LogP contribution < -0.4 is 0 Å². The van der Waals surface area contributed by atoms with Crippen LogP contribution >= 0.6 is 15.9 Å². The van der Waals surface area contributed by atoms with E-state index in [1.54, 1.807) is 11.1 Å². The minimum absolute atomic E-state index is 0.198. The average Bonchev–Trinajstić information content (AvgIpc) is 3.00. The first kappa shape index (κ1) is 19.5. The van der Waals surface area contributed by atoms with Gasteiger partial charge >= 0.3 is 6.09 Å².